The molecule has 0 saturated heterocycles. The van der Waals surface area contributed by atoms with E-state index in [1.165, 1.54) is 31.2 Å². The summed E-state index contributed by atoms with van der Waals surface area (Å²) in [5.74, 6) is -2.15. The monoisotopic (exact) mass is 374 g/mol. The van der Waals surface area contributed by atoms with Crippen molar-refractivity contribution in [1.82, 2.24) is 5.32 Å². The number of nitrogens with two attached hydrogens (primary N) is 1. The van der Waals surface area contributed by atoms with Gasteiger partial charge < -0.3 is 10.5 Å². The molecule has 0 fully saturated rings. The first-order valence-electron chi connectivity index (χ1n) is 7.50. The van der Waals surface area contributed by atoms with E-state index < -0.39 is 29.8 Å². The number of imide groups is 1. The molecule has 7 nitrogen and oxygen atoms in total. The van der Waals surface area contributed by atoms with Crippen LogP contribution < -0.4 is 11.1 Å². The van der Waals surface area contributed by atoms with Crippen LogP contribution in [-0.2, 0) is 9.53 Å². The summed E-state index contributed by atoms with van der Waals surface area (Å²) in [5.41, 5.74) is 5.29. The van der Waals surface area contributed by atoms with Crippen LogP contribution in [0.2, 0.25) is 5.02 Å². The Balaban J connectivity index is 2.24. The van der Waals surface area contributed by atoms with E-state index in [0.29, 0.717) is 10.6 Å². The number of urea groups is 1. The minimum absolute atomic E-state index is 0.00817. The second-order valence-corrected chi connectivity index (χ2v) is 5.72. The first kappa shape index (κ1) is 19.1. The topological polar surface area (TPSA) is 116 Å². The van der Waals surface area contributed by atoms with E-state index >= 15 is 0 Å². The van der Waals surface area contributed by atoms with Crippen molar-refractivity contribution >= 4 is 35.3 Å². The van der Waals surface area contributed by atoms with E-state index in [0.717, 1.165) is 0 Å². The Morgan fingerprint density at radius 1 is 1.00 bits per heavy atom. The first-order valence-corrected chi connectivity index (χ1v) is 7.88. The molecule has 134 valence electrons. The number of carbonyl (C=O) groups is 4. The minimum Gasteiger partial charge on any atom is -0.449 e. The van der Waals surface area contributed by atoms with Gasteiger partial charge in [0.1, 0.15) is 0 Å². The van der Waals surface area contributed by atoms with Crippen molar-refractivity contribution in [3.05, 3.63) is 70.2 Å². The molecule has 0 aliphatic rings. The van der Waals surface area contributed by atoms with Crippen LogP contribution in [0.1, 0.15) is 33.2 Å². The molecule has 1 atom stereocenters. The summed E-state index contributed by atoms with van der Waals surface area (Å²) in [6.07, 6.45) is -1.27. The summed E-state index contributed by atoms with van der Waals surface area (Å²) in [6, 6.07) is 11.2. The number of ketones is 1. The highest BCUT2D eigenvalue weighted by molar-refractivity contribution is 6.30. The molecule has 0 aromatic heterocycles. The lowest BCUT2D eigenvalue weighted by Gasteiger charge is -2.13. The lowest BCUT2D eigenvalue weighted by molar-refractivity contribution is -0.127. The van der Waals surface area contributed by atoms with Crippen LogP contribution >= 0.6 is 11.6 Å². The van der Waals surface area contributed by atoms with E-state index in [9.17, 15) is 19.2 Å². The van der Waals surface area contributed by atoms with Gasteiger partial charge >= 0.3 is 12.0 Å². The van der Waals surface area contributed by atoms with Crippen LogP contribution in [0, 0.1) is 0 Å². The summed E-state index contributed by atoms with van der Waals surface area (Å²) in [4.78, 5) is 47.3. The van der Waals surface area contributed by atoms with E-state index in [-0.39, 0.29) is 11.1 Å². The Kier molecular flexibility index (Phi) is 6.08. The van der Waals surface area contributed by atoms with E-state index in [4.69, 9.17) is 22.1 Å². The third-order valence-electron chi connectivity index (χ3n) is 3.40. The highest BCUT2D eigenvalue weighted by Gasteiger charge is 2.24. The molecule has 0 saturated carbocycles. The third kappa shape index (κ3) is 4.67. The maximum absolute atomic E-state index is 12.7. The lowest BCUT2D eigenvalue weighted by atomic mass is 9.98. The van der Waals surface area contributed by atoms with Gasteiger partial charge in [0.05, 0.1) is 5.56 Å². The zero-order valence-corrected chi connectivity index (χ0v) is 14.4. The number of primary amides is 1. The van der Waals surface area contributed by atoms with Crippen LogP contribution in [-0.4, -0.2) is 29.8 Å². The van der Waals surface area contributed by atoms with Gasteiger partial charge in [0.25, 0.3) is 5.91 Å². The molecule has 0 aliphatic carbocycles. The molecule has 3 N–H and O–H groups in total. The van der Waals surface area contributed by atoms with E-state index in [1.807, 2.05) is 5.32 Å². The smallest absolute Gasteiger partial charge is 0.339 e. The van der Waals surface area contributed by atoms with Gasteiger partial charge in [-0.1, -0.05) is 29.8 Å². The average molecular weight is 375 g/mol. The molecule has 2 rings (SSSR count). The average Bonchev–Trinajstić information content (AvgIpc) is 2.61. The highest BCUT2D eigenvalue weighted by Crippen LogP contribution is 2.18. The van der Waals surface area contributed by atoms with Gasteiger partial charge in [-0.15, -0.1) is 0 Å². The van der Waals surface area contributed by atoms with Gasteiger partial charge in [0, 0.05) is 16.1 Å². The number of halogens is 1. The molecule has 2 aromatic rings. The quantitative estimate of drug-likeness (QED) is 0.615. The SMILES string of the molecule is CC(OC(=O)c1ccccc1C(=O)c1ccc(Cl)cc1)C(=O)NC(N)=O. The molecule has 8 heteroatoms. The largest absolute Gasteiger partial charge is 0.449 e. The number of benzene rings is 2. The Labute approximate surface area is 154 Å². The van der Waals surface area contributed by atoms with Crippen molar-refractivity contribution in [2.24, 2.45) is 5.73 Å². The second-order valence-electron chi connectivity index (χ2n) is 5.28. The summed E-state index contributed by atoms with van der Waals surface area (Å²) >= 11 is 5.81. The summed E-state index contributed by atoms with van der Waals surface area (Å²) in [5, 5.41) is 2.29. The van der Waals surface area contributed by atoms with Gasteiger partial charge in [0.15, 0.2) is 11.9 Å². The normalized spacial score (nSPS) is 11.3. The fourth-order valence-electron chi connectivity index (χ4n) is 2.12. The fourth-order valence-corrected chi connectivity index (χ4v) is 2.24. The standard InChI is InChI=1S/C18H15ClN2O5/c1-10(16(23)21-18(20)25)26-17(24)14-5-3-2-4-13(14)15(22)11-6-8-12(19)9-7-11/h2-10H,1H3,(H3,20,21,23,25). The molecule has 0 radical (unpaired) electrons. The first-order chi connectivity index (χ1) is 12.3. The van der Waals surface area contributed by atoms with Crippen LogP contribution in [0.15, 0.2) is 48.5 Å². The Bertz CT molecular complexity index is 864. The number of rotatable bonds is 5. The Hall–Kier alpha value is -3.19. The number of hydrogen-bond acceptors (Lipinski definition) is 5. The van der Waals surface area contributed by atoms with Crippen molar-refractivity contribution in [1.29, 1.82) is 0 Å². The molecular weight excluding hydrogens is 360 g/mol. The summed E-state index contributed by atoms with van der Waals surface area (Å²) in [6.45, 7) is 1.28. The molecular formula is C18H15ClN2O5. The number of ether oxygens (including phenoxy) is 1. The van der Waals surface area contributed by atoms with Crippen molar-refractivity contribution < 1.29 is 23.9 Å². The number of hydrogen-bond donors (Lipinski definition) is 2. The molecule has 0 bridgehead atoms. The maximum Gasteiger partial charge on any atom is 0.339 e. The molecule has 0 spiro atoms. The van der Waals surface area contributed by atoms with Gasteiger partial charge in [-0.05, 0) is 37.3 Å². The van der Waals surface area contributed by atoms with Crippen LogP contribution in [0.3, 0.4) is 0 Å². The van der Waals surface area contributed by atoms with Crippen molar-refractivity contribution in [2.75, 3.05) is 0 Å². The lowest BCUT2D eigenvalue weighted by Crippen LogP contribution is -2.42. The zero-order valence-electron chi connectivity index (χ0n) is 13.7. The Morgan fingerprint density at radius 3 is 2.15 bits per heavy atom. The predicted octanol–water partition coefficient (Wildman–Crippen LogP) is 2.31. The van der Waals surface area contributed by atoms with E-state index in [1.54, 1.807) is 24.3 Å². The number of carbonyl (C=O) groups excluding carboxylic acids is 4. The predicted molar refractivity (Wildman–Crippen MR) is 93.9 cm³/mol. The fraction of sp³-hybridized carbons (Fsp3) is 0.111. The Morgan fingerprint density at radius 2 is 1.58 bits per heavy atom. The van der Waals surface area contributed by atoms with Gasteiger partial charge in [-0.25, -0.2) is 9.59 Å². The third-order valence-corrected chi connectivity index (χ3v) is 3.65. The molecule has 0 aliphatic heterocycles. The summed E-state index contributed by atoms with van der Waals surface area (Å²) in [7, 11) is 0. The zero-order chi connectivity index (χ0) is 19.3. The number of amides is 3. The summed E-state index contributed by atoms with van der Waals surface area (Å²) < 4.78 is 5.01. The van der Waals surface area contributed by atoms with E-state index in [2.05, 4.69) is 0 Å². The van der Waals surface area contributed by atoms with Crippen LogP contribution in [0.5, 0.6) is 0 Å². The van der Waals surface area contributed by atoms with Gasteiger partial charge in [-0.2, -0.15) is 0 Å². The maximum atomic E-state index is 12.7. The van der Waals surface area contributed by atoms with Gasteiger partial charge in [0.2, 0.25) is 0 Å². The minimum atomic E-state index is -1.27. The van der Waals surface area contributed by atoms with Crippen molar-refractivity contribution in [3.63, 3.8) is 0 Å². The second kappa shape index (κ2) is 8.26. The van der Waals surface area contributed by atoms with Crippen LogP contribution in [0.25, 0.3) is 0 Å². The molecule has 2 aromatic carbocycles. The number of esters is 1. The van der Waals surface area contributed by atoms with Crippen molar-refractivity contribution in [2.45, 2.75) is 13.0 Å². The molecule has 0 heterocycles. The molecule has 1 unspecified atom stereocenters. The van der Waals surface area contributed by atoms with Crippen molar-refractivity contribution in [3.8, 4) is 0 Å². The van der Waals surface area contributed by atoms with Gasteiger partial charge in [-0.3, -0.25) is 14.9 Å². The number of nitrogens with one attached hydrogen (secondary N) is 1. The highest BCUT2D eigenvalue weighted by atomic mass is 35.5. The van der Waals surface area contributed by atoms with Crippen LogP contribution in [0.4, 0.5) is 4.79 Å². The molecule has 3 amide bonds. The molecule has 26 heavy (non-hydrogen) atoms.